The summed E-state index contributed by atoms with van der Waals surface area (Å²) in [6, 6.07) is 51.6. The van der Waals surface area contributed by atoms with Crippen molar-refractivity contribution in [2.24, 2.45) is 0 Å². The van der Waals surface area contributed by atoms with Gasteiger partial charge in [-0.25, -0.2) is 0 Å². The van der Waals surface area contributed by atoms with Crippen LogP contribution in [0, 0.1) is 0 Å². The van der Waals surface area contributed by atoms with Crippen molar-refractivity contribution in [1.82, 2.24) is 0 Å². The molecule has 1 heteroatoms. The first kappa shape index (κ1) is 24.0. The van der Waals surface area contributed by atoms with Crippen molar-refractivity contribution in [3.8, 4) is 33.4 Å². The zero-order chi connectivity index (χ0) is 27.4. The normalized spacial score (nSPS) is 13.4. The third-order valence-corrected chi connectivity index (χ3v) is 9.00. The fourth-order valence-corrected chi connectivity index (χ4v) is 7.24. The molecule has 6 aromatic rings. The van der Waals surface area contributed by atoms with Gasteiger partial charge in [-0.1, -0.05) is 129 Å². The summed E-state index contributed by atoms with van der Waals surface area (Å²) in [4.78, 5) is 0. The van der Waals surface area contributed by atoms with Gasteiger partial charge < -0.3 is 5.32 Å². The molecule has 1 N–H and O–H groups in total. The molecule has 0 aliphatic heterocycles. The molecule has 0 saturated carbocycles. The number of fused-ring (bicyclic) bond motifs is 10. The van der Waals surface area contributed by atoms with Crippen LogP contribution in [0.1, 0.15) is 41.2 Å². The SMILES string of the molecule is CCCc1ccc(-c2ccc(Nc3ccc4c(c3)C3(c5ccccc5-c5ccccc53)c3ccccc3-4)cc2)cc1. The third kappa shape index (κ3) is 3.55. The van der Waals surface area contributed by atoms with Gasteiger partial charge in [0, 0.05) is 11.4 Å². The van der Waals surface area contributed by atoms with Crippen LogP contribution in [-0.2, 0) is 11.8 Å². The predicted molar refractivity (Wildman–Crippen MR) is 172 cm³/mol. The molecule has 8 rings (SSSR count). The van der Waals surface area contributed by atoms with Crippen molar-refractivity contribution >= 4 is 11.4 Å². The fourth-order valence-electron chi connectivity index (χ4n) is 7.24. The molecule has 0 heterocycles. The number of benzene rings is 6. The Morgan fingerprint density at radius 1 is 0.463 bits per heavy atom. The van der Waals surface area contributed by atoms with E-state index in [1.165, 1.54) is 67.6 Å². The van der Waals surface area contributed by atoms with Crippen LogP contribution < -0.4 is 5.32 Å². The monoisotopic (exact) mass is 525 g/mol. The van der Waals surface area contributed by atoms with E-state index in [2.05, 4.69) is 152 Å². The molecule has 6 aromatic carbocycles. The fraction of sp³-hybridized carbons (Fsp3) is 0.100. The first-order valence-electron chi connectivity index (χ1n) is 14.7. The highest BCUT2D eigenvalue weighted by Crippen LogP contribution is 2.62. The van der Waals surface area contributed by atoms with Crippen LogP contribution >= 0.6 is 0 Å². The summed E-state index contributed by atoms with van der Waals surface area (Å²) in [7, 11) is 0. The van der Waals surface area contributed by atoms with Crippen LogP contribution in [0.2, 0.25) is 0 Å². The van der Waals surface area contributed by atoms with Crippen LogP contribution in [0.15, 0.2) is 140 Å². The van der Waals surface area contributed by atoms with E-state index in [1.807, 2.05) is 0 Å². The van der Waals surface area contributed by atoms with Gasteiger partial charge in [0.15, 0.2) is 0 Å². The van der Waals surface area contributed by atoms with Gasteiger partial charge in [-0.3, -0.25) is 0 Å². The van der Waals surface area contributed by atoms with Gasteiger partial charge in [-0.05, 0) is 91.9 Å². The molecular weight excluding hydrogens is 494 g/mol. The zero-order valence-corrected chi connectivity index (χ0v) is 23.2. The van der Waals surface area contributed by atoms with E-state index in [9.17, 15) is 0 Å². The highest BCUT2D eigenvalue weighted by molar-refractivity contribution is 5.95. The van der Waals surface area contributed by atoms with Crippen molar-refractivity contribution in [2.75, 3.05) is 5.32 Å². The largest absolute Gasteiger partial charge is 0.356 e. The smallest absolute Gasteiger partial charge is 0.0726 e. The molecular formula is C40H31N. The zero-order valence-electron chi connectivity index (χ0n) is 23.2. The lowest BCUT2D eigenvalue weighted by molar-refractivity contribution is 0.794. The van der Waals surface area contributed by atoms with E-state index < -0.39 is 0 Å². The van der Waals surface area contributed by atoms with Gasteiger partial charge in [0.05, 0.1) is 5.41 Å². The number of aryl methyl sites for hydroxylation is 1. The Bertz CT molecular complexity index is 1850. The lowest BCUT2D eigenvalue weighted by atomic mass is 9.70. The predicted octanol–water partition coefficient (Wildman–Crippen LogP) is 10.4. The molecule has 0 unspecified atom stereocenters. The lowest BCUT2D eigenvalue weighted by Gasteiger charge is -2.30. The van der Waals surface area contributed by atoms with Crippen molar-refractivity contribution in [1.29, 1.82) is 0 Å². The molecule has 0 radical (unpaired) electrons. The first-order valence-corrected chi connectivity index (χ1v) is 14.7. The van der Waals surface area contributed by atoms with E-state index in [-0.39, 0.29) is 5.41 Å². The summed E-state index contributed by atoms with van der Waals surface area (Å²) in [6.45, 7) is 2.23. The Morgan fingerprint density at radius 2 is 0.927 bits per heavy atom. The highest BCUT2D eigenvalue weighted by atomic mass is 14.9. The second-order valence-corrected chi connectivity index (χ2v) is 11.3. The molecule has 0 amide bonds. The van der Waals surface area contributed by atoms with Crippen LogP contribution in [0.4, 0.5) is 11.4 Å². The van der Waals surface area contributed by atoms with Crippen molar-refractivity contribution in [3.05, 3.63) is 167 Å². The third-order valence-electron chi connectivity index (χ3n) is 9.00. The minimum absolute atomic E-state index is 0.315. The molecule has 0 bridgehead atoms. The summed E-state index contributed by atoms with van der Waals surface area (Å²) in [6.07, 6.45) is 2.31. The molecule has 0 fully saturated rings. The van der Waals surface area contributed by atoms with E-state index in [0.717, 1.165) is 17.8 Å². The Hall–Kier alpha value is -4.88. The molecule has 0 saturated heterocycles. The molecule has 2 aliphatic carbocycles. The van der Waals surface area contributed by atoms with Crippen LogP contribution in [0.3, 0.4) is 0 Å². The Balaban J connectivity index is 1.20. The molecule has 2 aliphatic rings. The van der Waals surface area contributed by atoms with Crippen molar-refractivity contribution in [2.45, 2.75) is 25.2 Å². The van der Waals surface area contributed by atoms with Gasteiger partial charge in [0.1, 0.15) is 0 Å². The van der Waals surface area contributed by atoms with E-state index >= 15 is 0 Å². The summed E-state index contributed by atoms with van der Waals surface area (Å²) in [5.41, 5.74) is 16.6. The molecule has 0 aromatic heterocycles. The highest BCUT2D eigenvalue weighted by Gasteiger charge is 2.51. The maximum absolute atomic E-state index is 3.72. The van der Waals surface area contributed by atoms with Crippen LogP contribution in [0.25, 0.3) is 33.4 Å². The number of nitrogens with one attached hydrogen (secondary N) is 1. The van der Waals surface area contributed by atoms with Gasteiger partial charge in [0.25, 0.3) is 0 Å². The van der Waals surface area contributed by atoms with Crippen LogP contribution in [-0.4, -0.2) is 0 Å². The van der Waals surface area contributed by atoms with Gasteiger partial charge in [0.2, 0.25) is 0 Å². The molecule has 1 spiro atoms. The van der Waals surface area contributed by atoms with E-state index in [1.54, 1.807) is 0 Å². The maximum atomic E-state index is 3.72. The summed E-state index contributed by atoms with van der Waals surface area (Å²) >= 11 is 0. The second kappa shape index (κ2) is 9.35. The minimum atomic E-state index is -0.315. The summed E-state index contributed by atoms with van der Waals surface area (Å²) < 4.78 is 0. The average molecular weight is 526 g/mol. The van der Waals surface area contributed by atoms with Crippen molar-refractivity contribution in [3.63, 3.8) is 0 Å². The topological polar surface area (TPSA) is 12.0 Å². The second-order valence-electron chi connectivity index (χ2n) is 11.3. The average Bonchev–Trinajstić information content (AvgIpc) is 3.49. The van der Waals surface area contributed by atoms with Crippen LogP contribution in [0.5, 0.6) is 0 Å². The molecule has 196 valence electrons. The summed E-state index contributed by atoms with van der Waals surface area (Å²) in [5, 5.41) is 3.72. The number of rotatable bonds is 5. The first-order chi connectivity index (χ1) is 20.3. The standard InChI is InChI=1S/C40H31N/c1-2-9-27-16-18-28(19-17-27)29-20-22-30(23-21-29)41-31-24-25-35-34-12-5-8-15-38(34)40(39(35)26-31)36-13-6-3-10-32(36)33-11-4-7-14-37(33)40/h3-8,10-26,41H,2,9H2,1H3. The van der Waals surface area contributed by atoms with Gasteiger partial charge in [-0.15, -0.1) is 0 Å². The van der Waals surface area contributed by atoms with E-state index in [0.29, 0.717) is 0 Å². The maximum Gasteiger partial charge on any atom is 0.0726 e. The number of hydrogen-bond donors (Lipinski definition) is 1. The Kier molecular flexibility index (Phi) is 5.47. The van der Waals surface area contributed by atoms with Crippen molar-refractivity contribution < 1.29 is 0 Å². The minimum Gasteiger partial charge on any atom is -0.356 e. The molecule has 1 nitrogen and oxygen atoms in total. The Morgan fingerprint density at radius 3 is 1.46 bits per heavy atom. The Labute approximate surface area is 242 Å². The summed E-state index contributed by atoms with van der Waals surface area (Å²) in [5.74, 6) is 0. The van der Waals surface area contributed by atoms with Gasteiger partial charge >= 0.3 is 0 Å². The molecule has 41 heavy (non-hydrogen) atoms. The lowest BCUT2D eigenvalue weighted by Crippen LogP contribution is -2.25. The molecule has 0 atom stereocenters. The number of anilines is 2. The van der Waals surface area contributed by atoms with Gasteiger partial charge in [-0.2, -0.15) is 0 Å². The quantitative estimate of drug-likeness (QED) is 0.236. The van der Waals surface area contributed by atoms with E-state index in [4.69, 9.17) is 0 Å². The number of hydrogen-bond acceptors (Lipinski definition) is 1.